The highest BCUT2D eigenvalue weighted by atomic mass is 32.2. The van der Waals surface area contributed by atoms with Crippen molar-refractivity contribution in [2.75, 3.05) is 37.7 Å². The highest BCUT2D eigenvalue weighted by molar-refractivity contribution is 8.00. The highest BCUT2D eigenvalue weighted by Crippen LogP contribution is 2.27. The van der Waals surface area contributed by atoms with E-state index in [2.05, 4.69) is 51.0 Å². The van der Waals surface area contributed by atoms with Crippen LogP contribution in [-0.4, -0.2) is 58.8 Å². The van der Waals surface area contributed by atoms with Gasteiger partial charge in [-0.1, -0.05) is 55.9 Å². The fourth-order valence-corrected chi connectivity index (χ4v) is 3.80. The number of thioether (sulfide) groups is 1. The van der Waals surface area contributed by atoms with Gasteiger partial charge in [-0.2, -0.15) is 0 Å². The molecule has 2 aromatic rings. The molecule has 152 valence electrons. The number of hydrogen-bond donors (Lipinski definition) is 1. The third-order valence-corrected chi connectivity index (χ3v) is 5.59. The topological polar surface area (TPSA) is 72.3 Å². The molecule has 1 saturated heterocycles. The van der Waals surface area contributed by atoms with Crippen LogP contribution in [0, 0.1) is 5.92 Å². The summed E-state index contributed by atoms with van der Waals surface area (Å²) in [5.41, 5.74) is 1.18. The van der Waals surface area contributed by atoms with Crippen LogP contribution in [0.25, 0.3) is 0 Å². The molecule has 0 radical (unpaired) electrons. The first-order chi connectivity index (χ1) is 13.5. The minimum Gasteiger partial charge on any atom is -0.378 e. The lowest BCUT2D eigenvalue weighted by Gasteiger charge is -2.28. The molecule has 1 aromatic heterocycles. The van der Waals surface area contributed by atoms with E-state index in [0.29, 0.717) is 32.2 Å². The first kappa shape index (κ1) is 20.7. The van der Waals surface area contributed by atoms with Gasteiger partial charge in [0.2, 0.25) is 11.9 Å². The van der Waals surface area contributed by atoms with Gasteiger partial charge in [0, 0.05) is 19.6 Å². The molecule has 2 heterocycles. The number of morpholine rings is 1. The molecule has 1 N–H and O–H groups in total. The van der Waals surface area contributed by atoms with Gasteiger partial charge in [-0.25, -0.2) is 0 Å². The summed E-state index contributed by atoms with van der Waals surface area (Å²) >= 11 is 1.45. The van der Waals surface area contributed by atoms with Crippen LogP contribution in [0.15, 0.2) is 35.5 Å². The molecule has 0 saturated carbocycles. The van der Waals surface area contributed by atoms with E-state index in [9.17, 15) is 4.79 Å². The summed E-state index contributed by atoms with van der Waals surface area (Å²) in [5.74, 6) is 1.29. The lowest BCUT2D eigenvalue weighted by molar-refractivity contribution is -0.120. The van der Waals surface area contributed by atoms with Crippen molar-refractivity contribution in [1.29, 1.82) is 0 Å². The Labute approximate surface area is 170 Å². The van der Waals surface area contributed by atoms with Crippen LogP contribution >= 0.6 is 11.8 Å². The van der Waals surface area contributed by atoms with E-state index in [1.807, 2.05) is 25.1 Å². The zero-order valence-electron chi connectivity index (χ0n) is 16.8. The molecule has 1 amide bonds. The summed E-state index contributed by atoms with van der Waals surface area (Å²) in [5, 5.41) is 12.4. The number of hydrogen-bond acceptors (Lipinski definition) is 6. The summed E-state index contributed by atoms with van der Waals surface area (Å²) in [4.78, 5) is 14.6. The zero-order chi connectivity index (χ0) is 19.9. The molecule has 7 nitrogen and oxygen atoms in total. The van der Waals surface area contributed by atoms with Gasteiger partial charge < -0.3 is 15.0 Å². The maximum atomic E-state index is 12.4. The van der Waals surface area contributed by atoms with E-state index in [1.165, 1.54) is 17.3 Å². The van der Waals surface area contributed by atoms with Gasteiger partial charge in [0.25, 0.3) is 0 Å². The highest BCUT2D eigenvalue weighted by Gasteiger charge is 2.24. The van der Waals surface area contributed by atoms with Crippen LogP contribution in [0.3, 0.4) is 0 Å². The molecule has 1 fully saturated rings. The minimum atomic E-state index is -0.241. The van der Waals surface area contributed by atoms with Crippen molar-refractivity contribution >= 4 is 23.6 Å². The number of amides is 1. The molecule has 28 heavy (non-hydrogen) atoms. The Hall–Kier alpha value is -2.06. The number of anilines is 1. The summed E-state index contributed by atoms with van der Waals surface area (Å²) in [7, 11) is 0. The van der Waals surface area contributed by atoms with Crippen molar-refractivity contribution in [2.45, 2.75) is 37.7 Å². The summed E-state index contributed by atoms with van der Waals surface area (Å²) in [6.07, 6.45) is 0. The number of aromatic nitrogens is 3. The van der Waals surface area contributed by atoms with Crippen LogP contribution in [0.2, 0.25) is 0 Å². The van der Waals surface area contributed by atoms with Crippen molar-refractivity contribution in [3.63, 3.8) is 0 Å². The molecule has 0 spiro atoms. The fourth-order valence-electron chi connectivity index (χ4n) is 2.93. The molecule has 0 aliphatic carbocycles. The molecule has 8 heteroatoms. The maximum absolute atomic E-state index is 12.4. The Morgan fingerprint density at radius 2 is 1.89 bits per heavy atom. The molecule has 1 aliphatic heterocycles. The van der Waals surface area contributed by atoms with Crippen LogP contribution in [-0.2, 0) is 16.1 Å². The van der Waals surface area contributed by atoms with Crippen LogP contribution in [0.4, 0.5) is 5.95 Å². The van der Waals surface area contributed by atoms with Gasteiger partial charge in [-0.3, -0.25) is 9.36 Å². The van der Waals surface area contributed by atoms with Gasteiger partial charge in [0.05, 0.1) is 25.0 Å². The molecule has 3 rings (SSSR count). The molecule has 1 aliphatic rings. The average Bonchev–Trinajstić information content (AvgIpc) is 3.09. The predicted octanol–water partition coefficient (Wildman–Crippen LogP) is 2.42. The lowest BCUT2D eigenvalue weighted by Crippen LogP contribution is -2.38. The van der Waals surface area contributed by atoms with E-state index >= 15 is 0 Å². The Balaban J connectivity index is 1.79. The molecular formula is C20H29N5O2S. The smallest absolute Gasteiger partial charge is 0.233 e. The van der Waals surface area contributed by atoms with Crippen molar-refractivity contribution in [2.24, 2.45) is 5.92 Å². The average molecular weight is 404 g/mol. The Morgan fingerprint density at radius 3 is 2.57 bits per heavy atom. The quantitative estimate of drug-likeness (QED) is 0.683. The second-order valence-electron chi connectivity index (χ2n) is 7.35. The first-order valence-electron chi connectivity index (χ1n) is 9.78. The first-order valence-corrected chi connectivity index (χ1v) is 10.7. The summed E-state index contributed by atoms with van der Waals surface area (Å²) < 4.78 is 7.58. The Bertz CT molecular complexity index is 759. The SMILES string of the molecule is CC(C)CNC(=O)[C@H](C)Sc1nnc(N2CCOCC2)n1Cc1ccccc1. The number of nitrogens with zero attached hydrogens (tertiary/aromatic N) is 4. The standard InChI is InChI=1S/C20H29N5O2S/c1-15(2)13-21-18(26)16(3)28-20-23-22-19(24-9-11-27-12-10-24)25(20)14-17-7-5-4-6-8-17/h4-8,15-16H,9-14H2,1-3H3,(H,21,26)/t16-/m0/s1. The normalized spacial score (nSPS) is 15.6. The fraction of sp³-hybridized carbons (Fsp3) is 0.550. The number of carbonyl (C=O) groups is 1. The van der Waals surface area contributed by atoms with Gasteiger partial charge in [0.15, 0.2) is 5.16 Å². The van der Waals surface area contributed by atoms with Crippen molar-refractivity contribution < 1.29 is 9.53 Å². The number of carbonyl (C=O) groups excluding carboxylic acids is 1. The Morgan fingerprint density at radius 1 is 1.18 bits per heavy atom. The van der Waals surface area contributed by atoms with E-state index in [0.717, 1.165) is 24.2 Å². The Kier molecular flexibility index (Phi) is 7.33. The number of ether oxygens (including phenoxy) is 1. The third kappa shape index (κ3) is 5.48. The van der Waals surface area contributed by atoms with Crippen LogP contribution in [0.5, 0.6) is 0 Å². The largest absolute Gasteiger partial charge is 0.378 e. The second-order valence-corrected chi connectivity index (χ2v) is 8.66. The minimum absolute atomic E-state index is 0.0286. The second kappa shape index (κ2) is 9.93. The van der Waals surface area contributed by atoms with Crippen LogP contribution in [0.1, 0.15) is 26.3 Å². The van der Waals surface area contributed by atoms with E-state index in [4.69, 9.17) is 4.74 Å². The molecular weight excluding hydrogens is 374 g/mol. The molecule has 1 aromatic carbocycles. The monoisotopic (exact) mass is 403 g/mol. The summed E-state index contributed by atoms with van der Waals surface area (Å²) in [6.45, 7) is 10.4. The van der Waals surface area contributed by atoms with Gasteiger partial charge in [-0.15, -0.1) is 10.2 Å². The molecule has 1 atom stereocenters. The maximum Gasteiger partial charge on any atom is 0.233 e. The third-order valence-electron chi connectivity index (χ3n) is 4.51. The van der Waals surface area contributed by atoms with Crippen molar-refractivity contribution in [3.8, 4) is 0 Å². The predicted molar refractivity (Wildman–Crippen MR) is 112 cm³/mol. The van der Waals surface area contributed by atoms with Gasteiger partial charge >= 0.3 is 0 Å². The molecule has 0 unspecified atom stereocenters. The number of nitrogens with one attached hydrogen (secondary N) is 1. The van der Waals surface area contributed by atoms with Gasteiger partial charge in [0.1, 0.15) is 0 Å². The van der Waals surface area contributed by atoms with Crippen molar-refractivity contribution in [1.82, 2.24) is 20.1 Å². The summed E-state index contributed by atoms with van der Waals surface area (Å²) in [6, 6.07) is 10.3. The lowest BCUT2D eigenvalue weighted by atomic mass is 10.2. The van der Waals surface area contributed by atoms with Gasteiger partial charge in [-0.05, 0) is 18.4 Å². The zero-order valence-corrected chi connectivity index (χ0v) is 17.6. The number of benzene rings is 1. The van der Waals surface area contributed by atoms with Crippen LogP contribution < -0.4 is 10.2 Å². The van der Waals surface area contributed by atoms with E-state index in [1.54, 1.807) is 0 Å². The number of rotatable bonds is 8. The van der Waals surface area contributed by atoms with E-state index < -0.39 is 0 Å². The van der Waals surface area contributed by atoms with Crippen molar-refractivity contribution in [3.05, 3.63) is 35.9 Å². The van der Waals surface area contributed by atoms with E-state index in [-0.39, 0.29) is 11.2 Å². The molecule has 0 bridgehead atoms.